The molecule has 0 aliphatic rings. The fraction of sp³-hybridized carbons (Fsp3) is 0.478. The molecule has 0 saturated carbocycles. The Bertz CT molecular complexity index is 762. The zero-order valence-corrected chi connectivity index (χ0v) is 17.4. The standard InChI is InChI=1S/C23H32N2O3/c1-5-19-16-21(22(28-4)24-18(19)3)17(2)12-8-7-11-15-25(23(26)27)20-13-9-6-10-14-20/h6,9-10,13-14,16-17H,5,7-8,11-12,15H2,1-4H3,(H,26,27). The number of pyridine rings is 1. The number of anilines is 1. The number of hydrogen-bond acceptors (Lipinski definition) is 3. The van der Waals surface area contributed by atoms with Crippen molar-refractivity contribution in [2.24, 2.45) is 0 Å². The van der Waals surface area contributed by atoms with Crippen LogP contribution in [0.3, 0.4) is 0 Å². The van der Waals surface area contributed by atoms with Gasteiger partial charge in [0, 0.05) is 23.5 Å². The highest BCUT2D eigenvalue weighted by Crippen LogP contribution is 2.30. The smallest absolute Gasteiger partial charge is 0.411 e. The Kier molecular flexibility index (Phi) is 8.30. The first-order valence-electron chi connectivity index (χ1n) is 10.1. The number of methoxy groups -OCH3 is 1. The Morgan fingerprint density at radius 3 is 2.54 bits per heavy atom. The highest BCUT2D eigenvalue weighted by molar-refractivity contribution is 5.85. The number of amides is 1. The van der Waals surface area contributed by atoms with Crippen LogP contribution in [0.4, 0.5) is 10.5 Å². The molecule has 0 bridgehead atoms. The van der Waals surface area contributed by atoms with Crippen LogP contribution in [0.25, 0.3) is 0 Å². The minimum absolute atomic E-state index is 0.359. The number of aromatic nitrogens is 1. The van der Waals surface area contributed by atoms with Crippen LogP contribution >= 0.6 is 0 Å². The maximum absolute atomic E-state index is 11.5. The number of para-hydroxylation sites is 1. The summed E-state index contributed by atoms with van der Waals surface area (Å²) in [4.78, 5) is 17.6. The Labute approximate surface area is 168 Å². The van der Waals surface area contributed by atoms with Crippen molar-refractivity contribution in [3.05, 3.63) is 53.2 Å². The van der Waals surface area contributed by atoms with Gasteiger partial charge in [-0.1, -0.05) is 44.9 Å². The van der Waals surface area contributed by atoms with Gasteiger partial charge in [0.2, 0.25) is 5.88 Å². The van der Waals surface area contributed by atoms with E-state index in [2.05, 4.69) is 24.9 Å². The Balaban J connectivity index is 1.87. The van der Waals surface area contributed by atoms with Crippen LogP contribution in [0.5, 0.6) is 5.88 Å². The Morgan fingerprint density at radius 2 is 1.93 bits per heavy atom. The summed E-state index contributed by atoms with van der Waals surface area (Å²) in [7, 11) is 1.67. The van der Waals surface area contributed by atoms with E-state index in [4.69, 9.17) is 4.74 Å². The van der Waals surface area contributed by atoms with Gasteiger partial charge in [-0.15, -0.1) is 0 Å². The monoisotopic (exact) mass is 384 g/mol. The van der Waals surface area contributed by atoms with Crippen LogP contribution in [-0.4, -0.2) is 29.8 Å². The molecule has 1 aromatic heterocycles. The molecule has 2 aromatic rings. The van der Waals surface area contributed by atoms with Crippen LogP contribution < -0.4 is 9.64 Å². The average molecular weight is 385 g/mol. The predicted molar refractivity (Wildman–Crippen MR) is 114 cm³/mol. The molecule has 1 heterocycles. The summed E-state index contributed by atoms with van der Waals surface area (Å²) >= 11 is 0. The molecule has 0 saturated heterocycles. The average Bonchev–Trinajstić information content (AvgIpc) is 2.70. The first-order chi connectivity index (χ1) is 13.5. The maximum Gasteiger partial charge on any atom is 0.411 e. The van der Waals surface area contributed by atoms with Crippen molar-refractivity contribution < 1.29 is 14.6 Å². The topological polar surface area (TPSA) is 62.7 Å². The van der Waals surface area contributed by atoms with Crippen molar-refractivity contribution in [1.82, 2.24) is 4.98 Å². The van der Waals surface area contributed by atoms with Gasteiger partial charge < -0.3 is 9.84 Å². The second-order valence-corrected chi connectivity index (χ2v) is 7.21. The van der Waals surface area contributed by atoms with Gasteiger partial charge in [0.1, 0.15) is 0 Å². The second-order valence-electron chi connectivity index (χ2n) is 7.21. The largest absolute Gasteiger partial charge is 0.481 e. The number of rotatable bonds is 10. The van der Waals surface area contributed by atoms with Gasteiger partial charge in [-0.25, -0.2) is 9.78 Å². The molecule has 1 amide bonds. The highest BCUT2D eigenvalue weighted by atomic mass is 16.5. The zero-order valence-electron chi connectivity index (χ0n) is 17.4. The minimum atomic E-state index is -0.901. The van der Waals surface area contributed by atoms with E-state index in [1.807, 2.05) is 37.3 Å². The Morgan fingerprint density at radius 1 is 1.21 bits per heavy atom. The van der Waals surface area contributed by atoms with E-state index in [1.54, 1.807) is 7.11 Å². The second kappa shape index (κ2) is 10.7. The van der Waals surface area contributed by atoms with Gasteiger partial charge >= 0.3 is 6.09 Å². The van der Waals surface area contributed by atoms with Gasteiger partial charge in [0.25, 0.3) is 0 Å². The summed E-state index contributed by atoms with van der Waals surface area (Å²) in [5, 5.41) is 9.45. The summed E-state index contributed by atoms with van der Waals surface area (Å²) < 4.78 is 5.50. The third-order valence-electron chi connectivity index (χ3n) is 5.23. The molecule has 0 fully saturated rings. The highest BCUT2D eigenvalue weighted by Gasteiger charge is 2.16. The van der Waals surface area contributed by atoms with Crippen molar-refractivity contribution in [2.75, 3.05) is 18.6 Å². The van der Waals surface area contributed by atoms with Crippen molar-refractivity contribution in [3.63, 3.8) is 0 Å². The van der Waals surface area contributed by atoms with E-state index in [-0.39, 0.29) is 0 Å². The summed E-state index contributed by atoms with van der Waals surface area (Å²) in [6.07, 6.45) is 3.97. The first-order valence-corrected chi connectivity index (χ1v) is 10.1. The molecule has 2 rings (SSSR count). The lowest BCUT2D eigenvalue weighted by molar-refractivity contribution is 0.201. The van der Waals surface area contributed by atoms with E-state index >= 15 is 0 Å². The quantitative estimate of drug-likeness (QED) is 0.525. The van der Waals surface area contributed by atoms with Crippen molar-refractivity contribution in [1.29, 1.82) is 0 Å². The number of aryl methyl sites for hydroxylation is 2. The molecule has 5 heteroatoms. The van der Waals surface area contributed by atoms with Crippen LogP contribution in [0.2, 0.25) is 0 Å². The fourth-order valence-electron chi connectivity index (χ4n) is 3.51. The van der Waals surface area contributed by atoms with Crippen LogP contribution in [0.1, 0.15) is 62.3 Å². The molecule has 1 aromatic carbocycles. The van der Waals surface area contributed by atoms with Crippen molar-refractivity contribution >= 4 is 11.8 Å². The van der Waals surface area contributed by atoms with E-state index in [1.165, 1.54) is 16.0 Å². The predicted octanol–water partition coefficient (Wildman–Crippen LogP) is 5.81. The van der Waals surface area contributed by atoms with E-state index < -0.39 is 6.09 Å². The zero-order chi connectivity index (χ0) is 20.5. The molecule has 0 aliphatic heterocycles. The van der Waals surface area contributed by atoms with Crippen LogP contribution in [-0.2, 0) is 6.42 Å². The molecule has 0 aliphatic carbocycles. The van der Waals surface area contributed by atoms with Crippen LogP contribution in [0, 0.1) is 6.92 Å². The molecule has 28 heavy (non-hydrogen) atoms. The Hall–Kier alpha value is -2.56. The summed E-state index contributed by atoms with van der Waals surface area (Å²) in [6, 6.07) is 11.5. The third-order valence-corrected chi connectivity index (χ3v) is 5.23. The molecular weight excluding hydrogens is 352 g/mol. The number of unbranched alkanes of at least 4 members (excludes halogenated alkanes) is 2. The molecule has 152 valence electrons. The van der Waals surface area contributed by atoms with Crippen molar-refractivity contribution in [3.8, 4) is 5.88 Å². The molecule has 0 radical (unpaired) electrons. The number of benzene rings is 1. The van der Waals surface area contributed by atoms with E-state index in [0.29, 0.717) is 12.5 Å². The van der Waals surface area contributed by atoms with Gasteiger partial charge in [0.05, 0.1) is 7.11 Å². The lowest BCUT2D eigenvalue weighted by Gasteiger charge is -2.20. The molecule has 1 atom stereocenters. The van der Waals surface area contributed by atoms with E-state index in [9.17, 15) is 9.90 Å². The summed E-state index contributed by atoms with van der Waals surface area (Å²) in [6.45, 7) is 6.90. The normalized spacial score (nSPS) is 11.9. The van der Waals surface area contributed by atoms with Crippen molar-refractivity contribution in [2.45, 2.75) is 58.8 Å². The lowest BCUT2D eigenvalue weighted by Crippen LogP contribution is -2.30. The number of hydrogen-bond donors (Lipinski definition) is 1. The van der Waals surface area contributed by atoms with Gasteiger partial charge in [0.15, 0.2) is 0 Å². The number of ether oxygens (including phenoxy) is 1. The number of carboxylic acid groups (broad SMARTS) is 1. The summed E-state index contributed by atoms with van der Waals surface area (Å²) in [5.41, 5.74) is 4.19. The third kappa shape index (κ3) is 5.72. The SMILES string of the molecule is CCc1cc(C(C)CCCCCN(C(=O)O)c2ccccc2)c(OC)nc1C. The number of nitrogens with zero attached hydrogens (tertiary/aromatic N) is 2. The molecular formula is C23H32N2O3. The molecule has 1 N–H and O–H groups in total. The number of carbonyl (C=O) groups is 1. The minimum Gasteiger partial charge on any atom is -0.481 e. The van der Waals surface area contributed by atoms with Crippen LogP contribution in [0.15, 0.2) is 36.4 Å². The fourth-order valence-corrected chi connectivity index (χ4v) is 3.51. The van der Waals surface area contributed by atoms with Gasteiger partial charge in [-0.2, -0.15) is 0 Å². The molecule has 5 nitrogen and oxygen atoms in total. The first kappa shape index (κ1) is 21.7. The lowest BCUT2D eigenvalue weighted by atomic mass is 9.93. The summed E-state index contributed by atoms with van der Waals surface area (Å²) in [5.74, 6) is 1.08. The van der Waals surface area contributed by atoms with Gasteiger partial charge in [-0.3, -0.25) is 4.90 Å². The van der Waals surface area contributed by atoms with Gasteiger partial charge in [-0.05, 0) is 55.9 Å². The molecule has 0 spiro atoms. The molecule has 1 unspecified atom stereocenters. The maximum atomic E-state index is 11.5. The van der Waals surface area contributed by atoms with E-state index in [0.717, 1.165) is 49.4 Å².